The second-order valence-electron chi connectivity index (χ2n) is 6.19. The number of carbonyl (C=O) groups excluding carboxylic acids is 2. The summed E-state index contributed by atoms with van der Waals surface area (Å²) in [4.78, 5) is 25.2. The van der Waals surface area contributed by atoms with Crippen molar-refractivity contribution in [3.63, 3.8) is 0 Å². The van der Waals surface area contributed by atoms with E-state index in [9.17, 15) is 9.59 Å². The van der Waals surface area contributed by atoms with E-state index in [-0.39, 0.29) is 12.4 Å². The van der Waals surface area contributed by atoms with Gasteiger partial charge in [0, 0.05) is 17.5 Å². The lowest BCUT2D eigenvalue weighted by Gasteiger charge is -2.28. The van der Waals surface area contributed by atoms with E-state index in [0.29, 0.717) is 23.7 Å². The van der Waals surface area contributed by atoms with E-state index < -0.39 is 17.8 Å². The number of methoxy groups -OCH3 is 2. The number of rotatable bonds is 6. The molecule has 2 aromatic rings. The number of benzene rings is 1. The van der Waals surface area contributed by atoms with Crippen LogP contribution in [0.25, 0.3) is 5.57 Å². The van der Waals surface area contributed by atoms with Crippen molar-refractivity contribution in [1.29, 1.82) is 0 Å². The highest BCUT2D eigenvalue weighted by atomic mass is 16.5. The molecule has 0 N–H and O–H groups in total. The molecule has 0 radical (unpaired) electrons. The Labute approximate surface area is 157 Å². The van der Waals surface area contributed by atoms with Crippen LogP contribution in [-0.4, -0.2) is 32.6 Å². The summed E-state index contributed by atoms with van der Waals surface area (Å²) in [6.45, 7) is 1.94. The number of hydrogen-bond acceptors (Lipinski definition) is 6. The predicted octanol–water partition coefficient (Wildman–Crippen LogP) is 3.62. The molecule has 0 unspecified atom stereocenters. The van der Waals surface area contributed by atoms with Gasteiger partial charge in [0.15, 0.2) is 5.78 Å². The molecule has 0 bridgehead atoms. The number of ether oxygens (including phenoxy) is 3. The average molecular weight is 370 g/mol. The van der Waals surface area contributed by atoms with Gasteiger partial charge in [-0.05, 0) is 49.3 Å². The SMILES string of the molecule is CCOC(=O)[C@H]1C(=O)C=C(c2ccc(OC)cc2OC)C[C@H]1c1ccco1. The van der Waals surface area contributed by atoms with Crippen LogP contribution in [0.15, 0.2) is 47.1 Å². The standard InChI is InChI=1S/C21H22O6/c1-4-26-21(23)20-16(18-6-5-9-27-18)10-13(11-17(20)22)15-8-7-14(24-2)12-19(15)25-3/h5-9,11-12,16,20H,4,10H2,1-3H3/t16-,20+/m0/s1. The van der Waals surface area contributed by atoms with Gasteiger partial charge >= 0.3 is 5.97 Å². The molecule has 0 fully saturated rings. The van der Waals surface area contributed by atoms with Crippen LogP contribution in [-0.2, 0) is 14.3 Å². The van der Waals surface area contributed by atoms with E-state index >= 15 is 0 Å². The highest BCUT2D eigenvalue weighted by Gasteiger charge is 2.41. The molecule has 2 atom stereocenters. The highest BCUT2D eigenvalue weighted by molar-refractivity contribution is 6.10. The molecule has 0 amide bonds. The first kappa shape index (κ1) is 18.8. The number of hydrogen-bond donors (Lipinski definition) is 0. The summed E-state index contributed by atoms with van der Waals surface area (Å²) in [7, 11) is 3.14. The van der Waals surface area contributed by atoms with E-state index in [1.807, 2.05) is 12.1 Å². The smallest absolute Gasteiger partial charge is 0.317 e. The van der Waals surface area contributed by atoms with E-state index in [0.717, 1.165) is 11.1 Å². The summed E-state index contributed by atoms with van der Waals surface area (Å²) in [5.74, 6) is -0.330. The van der Waals surface area contributed by atoms with Crippen LogP contribution in [0.1, 0.15) is 30.6 Å². The summed E-state index contributed by atoms with van der Waals surface area (Å²) >= 11 is 0. The van der Waals surface area contributed by atoms with Crippen LogP contribution in [0.4, 0.5) is 0 Å². The van der Waals surface area contributed by atoms with Crippen LogP contribution in [0.2, 0.25) is 0 Å². The van der Waals surface area contributed by atoms with E-state index in [1.54, 1.807) is 39.3 Å². The lowest BCUT2D eigenvalue weighted by molar-refractivity contribution is -0.151. The summed E-state index contributed by atoms with van der Waals surface area (Å²) in [6.07, 6.45) is 3.49. The summed E-state index contributed by atoms with van der Waals surface area (Å²) < 4.78 is 21.3. The maximum absolute atomic E-state index is 12.8. The van der Waals surface area contributed by atoms with Crippen molar-refractivity contribution in [1.82, 2.24) is 0 Å². The molecule has 1 aliphatic carbocycles. The maximum Gasteiger partial charge on any atom is 0.317 e. The zero-order chi connectivity index (χ0) is 19.4. The fourth-order valence-electron chi connectivity index (χ4n) is 3.40. The van der Waals surface area contributed by atoms with Crippen LogP contribution < -0.4 is 9.47 Å². The molecule has 6 heteroatoms. The van der Waals surface area contributed by atoms with Gasteiger partial charge in [-0.2, -0.15) is 0 Å². The van der Waals surface area contributed by atoms with Crippen molar-refractivity contribution >= 4 is 17.3 Å². The first-order valence-corrected chi connectivity index (χ1v) is 8.75. The van der Waals surface area contributed by atoms with Gasteiger partial charge in [-0.25, -0.2) is 0 Å². The Morgan fingerprint density at radius 1 is 1.22 bits per heavy atom. The highest BCUT2D eigenvalue weighted by Crippen LogP contribution is 2.43. The molecule has 0 saturated carbocycles. The van der Waals surface area contributed by atoms with Gasteiger partial charge in [-0.1, -0.05) is 0 Å². The third kappa shape index (κ3) is 3.74. The van der Waals surface area contributed by atoms with Crippen molar-refractivity contribution in [2.24, 2.45) is 5.92 Å². The second kappa shape index (κ2) is 8.12. The Morgan fingerprint density at radius 2 is 2.04 bits per heavy atom. The number of esters is 1. The molecule has 1 aromatic carbocycles. The van der Waals surface area contributed by atoms with Gasteiger partial charge in [-0.15, -0.1) is 0 Å². The summed E-state index contributed by atoms with van der Waals surface area (Å²) in [6, 6.07) is 8.94. The normalized spacial score (nSPS) is 19.4. The van der Waals surface area contributed by atoms with Gasteiger partial charge in [0.25, 0.3) is 0 Å². The third-order valence-electron chi connectivity index (χ3n) is 4.67. The Balaban J connectivity index is 2.03. The van der Waals surface area contributed by atoms with Crippen LogP contribution >= 0.6 is 0 Å². The first-order chi connectivity index (χ1) is 13.1. The minimum absolute atomic E-state index is 0.219. The minimum atomic E-state index is -0.913. The fourth-order valence-corrected chi connectivity index (χ4v) is 3.40. The molecule has 1 aliphatic rings. The number of furan rings is 1. The zero-order valence-electron chi connectivity index (χ0n) is 15.6. The van der Waals surface area contributed by atoms with Gasteiger partial charge < -0.3 is 18.6 Å². The summed E-state index contributed by atoms with van der Waals surface area (Å²) in [5.41, 5.74) is 1.56. The number of allylic oxidation sites excluding steroid dienone is 2. The van der Waals surface area contributed by atoms with Gasteiger partial charge in [0.1, 0.15) is 23.2 Å². The monoisotopic (exact) mass is 370 g/mol. The van der Waals surface area contributed by atoms with Gasteiger partial charge in [-0.3, -0.25) is 9.59 Å². The van der Waals surface area contributed by atoms with Crippen molar-refractivity contribution in [2.45, 2.75) is 19.3 Å². The third-order valence-corrected chi connectivity index (χ3v) is 4.67. The van der Waals surface area contributed by atoms with Crippen LogP contribution in [0.5, 0.6) is 11.5 Å². The predicted molar refractivity (Wildman–Crippen MR) is 98.7 cm³/mol. The largest absolute Gasteiger partial charge is 0.497 e. The Morgan fingerprint density at radius 3 is 2.67 bits per heavy atom. The van der Waals surface area contributed by atoms with Crippen molar-refractivity contribution in [3.8, 4) is 11.5 Å². The van der Waals surface area contributed by atoms with Crippen molar-refractivity contribution < 1.29 is 28.2 Å². The quantitative estimate of drug-likeness (QED) is 0.571. The number of ketones is 1. The Bertz CT molecular complexity index is 850. The lowest BCUT2D eigenvalue weighted by atomic mass is 9.75. The molecule has 0 aliphatic heterocycles. The van der Waals surface area contributed by atoms with Crippen LogP contribution in [0, 0.1) is 5.92 Å². The number of carbonyl (C=O) groups is 2. The average Bonchev–Trinajstić information content (AvgIpc) is 3.21. The van der Waals surface area contributed by atoms with E-state index in [1.165, 1.54) is 12.3 Å². The molecule has 1 aromatic heterocycles. The van der Waals surface area contributed by atoms with Gasteiger partial charge in [0.05, 0.1) is 27.1 Å². The van der Waals surface area contributed by atoms with Gasteiger partial charge in [0.2, 0.25) is 0 Å². The van der Waals surface area contributed by atoms with E-state index in [2.05, 4.69) is 0 Å². The Hall–Kier alpha value is -3.02. The molecular formula is C21H22O6. The molecule has 1 heterocycles. The topological polar surface area (TPSA) is 75.0 Å². The zero-order valence-corrected chi connectivity index (χ0v) is 15.6. The van der Waals surface area contributed by atoms with Crippen molar-refractivity contribution in [3.05, 3.63) is 54.0 Å². The maximum atomic E-state index is 12.8. The molecule has 27 heavy (non-hydrogen) atoms. The molecule has 0 saturated heterocycles. The second-order valence-corrected chi connectivity index (χ2v) is 6.19. The minimum Gasteiger partial charge on any atom is -0.497 e. The molecule has 3 rings (SSSR count). The molecule has 0 spiro atoms. The Kier molecular flexibility index (Phi) is 5.64. The van der Waals surface area contributed by atoms with Crippen molar-refractivity contribution in [2.75, 3.05) is 20.8 Å². The first-order valence-electron chi connectivity index (χ1n) is 8.75. The lowest BCUT2D eigenvalue weighted by Crippen LogP contribution is -2.33. The van der Waals surface area contributed by atoms with E-state index in [4.69, 9.17) is 18.6 Å². The molecule has 142 valence electrons. The molecule has 6 nitrogen and oxygen atoms in total. The molecular weight excluding hydrogens is 348 g/mol. The summed E-state index contributed by atoms with van der Waals surface area (Å²) in [5, 5.41) is 0. The van der Waals surface area contributed by atoms with Crippen LogP contribution in [0.3, 0.4) is 0 Å². The fraction of sp³-hybridized carbons (Fsp3) is 0.333.